The number of aryl methyl sites for hydroxylation is 1. The molecule has 1 atom stereocenters. The normalized spacial score (nSPS) is 11.7. The molecule has 3 rings (SSSR count). The van der Waals surface area contributed by atoms with Crippen LogP contribution >= 0.6 is 22.9 Å². The first-order chi connectivity index (χ1) is 14.5. The fraction of sp³-hybridized carbons (Fsp3) is 0.261. The Morgan fingerprint density at radius 3 is 2.50 bits per heavy atom. The fourth-order valence-corrected chi connectivity index (χ4v) is 4.02. The maximum absolute atomic E-state index is 12.9. The Hall–Kier alpha value is -2.70. The van der Waals surface area contributed by atoms with Crippen LogP contribution in [0.4, 0.5) is 0 Å². The highest BCUT2D eigenvalue weighted by Crippen LogP contribution is 2.21. The van der Waals surface area contributed by atoms with E-state index >= 15 is 0 Å². The van der Waals surface area contributed by atoms with Crippen LogP contribution in [-0.4, -0.2) is 28.7 Å². The summed E-state index contributed by atoms with van der Waals surface area (Å²) in [6.45, 7) is 2.50. The lowest BCUT2D eigenvalue weighted by atomic mass is 10.0. The van der Waals surface area contributed by atoms with Gasteiger partial charge in [0.05, 0.1) is 40.3 Å². The Morgan fingerprint density at radius 1 is 1.13 bits per heavy atom. The molecular formula is C23H24ClN3O2S. The number of carbonyl (C=O) groups is 2. The van der Waals surface area contributed by atoms with Crippen LogP contribution in [-0.2, 0) is 17.8 Å². The van der Waals surface area contributed by atoms with Gasteiger partial charge in [0.15, 0.2) is 0 Å². The third-order valence-corrected chi connectivity index (χ3v) is 6.10. The summed E-state index contributed by atoms with van der Waals surface area (Å²) in [6, 6.07) is 15.9. The minimum absolute atomic E-state index is 0.0747. The third-order valence-electron chi connectivity index (χ3n) is 4.73. The van der Waals surface area contributed by atoms with Crippen molar-refractivity contribution in [2.24, 2.45) is 0 Å². The van der Waals surface area contributed by atoms with Gasteiger partial charge in [-0.15, -0.1) is 11.3 Å². The van der Waals surface area contributed by atoms with Crippen LogP contribution in [0.5, 0.6) is 0 Å². The van der Waals surface area contributed by atoms with Crippen LogP contribution in [0.3, 0.4) is 0 Å². The number of aromatic nitrogens is 1. The van der Waals surface area contributed by atoms with Gasteiger partial charge in [0.25, 0.3) is 5.91 Å². The summed E-state index contributed by atoms with van der Waals surface area (Å²) in [4.78, 5) is 31.9. The maximum Gasteiger partial charge on any atom is 0.253 e. The quantitative estimate of drug-likeness (QED) is 0.542. The van der Waals surface area contributed by atoms with E-state index in [1.54, 1.807) is 47.5 Å². The van der Waals surface area contributed by atoms with Crippen molar-refractivity contribution < 1.29 is 9.59 Å². The summed E-state index contributed by atoms with van der Waals surface area (Å²) in [7, 11) is 1.76. The molecule has 3 aromatic rings. The molecule has 0 radical (unpaired) electrons. The molecule has 0 aliphatic carbocycles. The molecule has 1 aromatic heterocycles. The summed E-state index contributed by atoms with van der Waals surface area (Å²) in [5.41, 5.74) is 2.13. The second kappa shape index (κ2) is 10.4. The van der Waals surface area contributed by atoms with Crippen LogP contribution in [0.1, 0.15) is 46.0 Å². The molecule has 1 heterocycles. The van der Waals surface area contributed by atoms with Crippen molar-refractivity contribution in [3.05, 3.63) is 86.8 Å². The number of thiazole rings is 1. The summed E-state index contributed by atoms with van der Waals surface area (Å²) in [5, 5.41) is 6.38. The van der Waals surface area contributed by atoms with E-state index in [4.69, 9.17) is 11.6 Å². The van der Waals surface area contributed by atoms with Crippen LogP contribution in [0.2, 0.25) is 5.02 Å². The molecule has 2 aromatic carbocycles. The van der Waals surface area contributed by atoms with Crippen molar-refractivity contribution in [3.63, 3.8) is 0 Å². The van der Waals surface area contributed by atoms with Crippen molar-refractivity contribution in [1.82, 2.24) is 15.2 Å². The van der Waals surface area contributed by atoms with E-state index in [0.29, 0.717) is 17.1 Å². The molecule has 0 fully saturated rings. The van der Waals surface area contributed by atoms with Crippen molar-refractivity contribution in [1.29, 1.82) is 0 Å². The Bertz CT molecular complexity index is 1010. The SMILES string of the molecule is CCc1nc(CN(C)C(=O)CC(NC(=O)c2ccccc2Cl)c2ccccc2)cs1. The number of nitrogens with one attached hydrogen (secondary N) is 1. The Kier molecular flexibility index (Phi) is 7.60. The number of nitrogens with zero attached hydrogens (tertiary/aromatic N) is 2. The topological polar surface area (TPSA) is 62.3 Å². The molecule has 1 N–H and O–H groups in total. The maximum atomic E-state index is 12.9. The van der Waals surface area contributed by atoms with E-state index in [2.05, 4.69) is 17.2 Å². The smallest absolute Gasteiger partial charge is 0.253 e. The molecule has 0 aliphatic heterocycles. The van der Waals surface area contributed by atoms with Gasteiger partial charge in [-0.2, -0.15) is 0 Å². The number of carbonyl (C=O) groups excluding carboxylic acids is 2. The van der Waals surface area contributed by atoms with Crippen LogP contribution in [0, 0.1) is 0 Å². The molecule has 0 saturated carbocycles. The van der Waals surface area contributed by atoms with Gasteiger partial charge in [0, 0.05) is 12.4 Å². The highest BCUT2D eigenvalue weighted by Gasteiger charge is 2.22. The first-order valence-electron chi connectivity index (χ1n) is 9.75. The summed E-state index contributed by atoms with van der Waals surface area (Å²) in [6.07, 6.45) is 1.02. The van der Waals surface area contributed by atoms with E-state index in [0.717, 1.165) is 22.7 Å². The predicted octanol–water partition coefficient (Wildman–Crippen LogP) is 4.88. The van der Waals surface area contributed by atoms with Gasteiger partial charge < -0.3 is 10.2 Å². The molecule has 7 heteroatoms. The number of benzene rings is 2. The average molecular weight is 442 g/mol. The summed E-state index contributed by atoms with van der Waals surface area (Å²) < 4.78 is 0. The second-order valence-corrected chi connectivity index (χ2v) is 8.31. The molecule has 0 aliphatic rings. The monoisotopic (exact) mass is 441 g/mol. The molecule has 2 amide bonds. The molecule has 1 unspecified atom stereocenters. The number of amides is 2. The van der Waals surface area contributed by atoms with Crippen LogP contribution in [0.25, 0.3) is 0 Å². The van der Waals surface area contributed by atoms with Crippen molar-refractivity contribution >= 4 is 34.8 Å². The average Bonchev–Trinajstić information content (AvgIpc) is 3.21. The lowest BCUT2D eigenvalue weighted by Crippen LogP contribution is -2.34. The van der Waals surface area contributed by atoms with Gasteiger partial charge in [-0.05, 0) is 24.1 Å². The standard InChI is InChI=1S/C23H24ClN3O2S/c1-3-21-25-17(15-30-21)14-27(2)22(28)13-20(16-9-5-4-6-10-16)26-23(29)18-11-7-8-12-19(18)24/h4-12,15,20H,3,13-14H2,1-2H3,(H,26,29). The third kappa shape index (κ3) is 5.68. The van der Waals surface area contributed by atoms with Gasteiger partial charge in [0.2, 0.25) is 5.91 Å². The lowest BCUT2D eigenvalue weighted by molar-refractivity contribution is -0.131. The minimum Gasteiger partial charge on any atom is -0.345 e. The van der Waals surface area contributed by atoms with Gasteiger partial charge in [-0.1, -0.05) is 61.0 Å². The minimum atomic E-state index is -0.466. The largest absolute Gasteiger partial charge is 0.345 e. The summed E-state index contributed by atoms with van der Waals surface area (Å²) >= 11 is 7.77. The molecule has 0 bridgehead atoms. The van der Waals surface area contributed by atoms with Crippen molar-refractivity contribution in [2.45, 2.75) is 32.4 Å². The Morgan fingerprint density at radius 2 is 1.83 bits per heavy atom. The molecule has 0 saturated heterocycles. The van der Waals surface area contributed by atoms with Crippen LogP contribution in [0.15, 0.2) is 60.0 Å². The Balaban J connectivity index is 1.73. The predicted molar refractivity (Wildman–Crippen MR) is 121 cm³/mol. The van der Waals surface area contributed by atoms with Gasteiger partial charge >= 0.3 is 0 Å². The Labute approximate surface area is 185 Å². The zero-order valence-corrected chi connectivity index (χ0v) is 18.5. The van der Waals surface area contributed by atoms with Crippen LogP contribution < -0.4 is 5.32 Å². The first kappa shape index (κ1) is 22.0. The van der Waals surface area contributed by atoms with Gasteiger partial charge in [-0.25, -0.2) is 4.98 Å². The number of hydrogen-bond donors (Lipinski definition) is 1. The lowest BCUT2D eigenvalue weighted by Gasteiger charge is -2.23. The molecule has 30 heavy (non-hydrogen) atoms. The number of hydrogen-bond acceptors (Lipinski definition) is 4. The highest BCUT2D eigenvalue weighted by molar-refractivity contribution is 7.09. The summed E-state index contributed by atoms with van der Waals surface area (Å²) in [5.74, 6) is -0.383. The number of rotatable bonds is 8. The van der Waals surface area contributed by atoms with E-state index in [1.807, 2.05) is 35.7 Å². The van der Waals surface area contributed by atoms with Crippen molar-refractivity contribution in [3.8, 4) is 0 Å². The molecule has 156 valence electrons. The first-order valence-corrected chi connectivity index (χ1v) is 11.0. The van der Waals surface area contributed by atoms with Gasteiger partial charge in [0.1, 0.15) is 0 Å². The van der Waals surface area contributed by atoms with E-state index in [1.165, 1.54) is 0 Å². The second-order valence-electron chi connectivity index (χ2n) is 6.96. The highest BCUT2D eigenvalue weighted by atomic mass is 35.5. The molecular weight excluding hydrogens is 418 g/mol. The number of halogens is 1. The van der Waals surface area contributed by atoms with E-state index in [9.17, 15) is 9.59 Å². The zero-order valence-electron chi connectivity index (χ0n) is 17.0. The fourth-order valence-electron chi connectivity index (χ4n) is 3.06. The molecule has 0 spiro atoms. The van der Waals surface area contributed by atoms with Crippen molar-refractivity contribution in [2.75, 3.05) is 7.05 Å². The van der Waals surface area contributed by atoms with E-state index < -0.39 is 6.04 Å². The van der Waals surface area contributed by atoms with Gasteiger partial charge in [-0.3, -0.25) is 9.59 Å². The zero-order chi connectivity index (χ0) is 21.5. The molecule has 5 nitrogen and oxygen atoms in total. The van der Waals surface area contributed by atoms with E-state index in [-0.39, 0.29) is 18.2 Å².